The number of amides is 1. The Morgan fingerprint density at radius 1 is 1.12 bits per heavy atom. The van der Waals surface area contributed by atoms with Crippen LogP contribution < -0.4 is 10.4 Å². The first-order valence-electron chi connectivity index (χ1n) is 16.3. The van der Waals surface area contributed by atoms with Gasteiger partial charge in [-0.05, 0) is 76.3 Å². The van der Waals surface area contributed by atoms with Gasteiger partial charge in [0.05, 0.1) is 21.5 Å². The summed E-state index contributed by atoms with van der Waals surface area (Å²) in [5, 5.41) is 0.962. The SMILES string of the molecule is CCC1CC1C(=O)NS(=O)(=O)C1(CCCCCCCCc2sc(-c3cccc4c3[nH]c(=O)n4C(C)C)nc2C(C)C)CC1. The molecule has 2 heterocycles. The van der Waals surface area contributed by atoms with Crippen LogP contribution in [0.3, 0.4) is 0 Å². The first kappa shape index (κ1) is 31.9. The molecule has 3 aromatic rings. The molecule has 2 aliphatic rings. The van der Waals surface area contributed by atoms with Crippen LogP contribution in [0.4, 0.5) is 0 Å². The zero-order chi connectivity index (χ0) is 30.9. The van der Waals surface area contributed by atoms with Gasteiger partial charge in [0.2, 0.25) is 15.9 Å². The number of hydrogen-bond acceptors (Lipinski definition) is 6. The second-order valence-electron chi connectivity index (χ2n) is 13.4. The molecule has 43 heavy (non-hydrogen) atoms. The number of thiazole rings is 1. The Labute approximate surface area is 260 Å². The molecule has 2 N–H and O–H groups in total. The van der Waals surface area contributed by atoms with Crippen LogP contribution in [0, 0.1) is 11.8 Å². The fourth-order valence-corrected chi connectivity index (χ4v) is 9.49. The third-order valence-corrected chi connectivity index (χ3v) is 12.8. The maximum atomic E-state index is 12.9. The molecule has 2 unspecified atom stereocenters. The average molecular weight is 629 g/mol. The summed E-state index contributed by atoms with van der Waals surface area (Å²) < 4.78 is 29.3. The van der Waals surface area contributed by atoms with Crippen LogP contribution in [0.25, 0.3) is 21.6 Å². The van der Waals surface area contributed by atoms with Gasteiger partial charge in [0.15, 0.2) is 0 Å². The van der Waals surface area contributed by atoms with Crippen LogP contribution in [0.15, 0.2) is 23.0 Å². The Bertz CT molecular complexity index is 1610. The van der Waals surface area contributed by atoms with Crippen molar-refractivity contribution < 1.29 is 13.2 Å². The third-order valence-electron chi connectivity index (χ3n) is 9.46. The van der Waals surface area contributed by atoms with Crippen LogP contribution >= 0.6 is 11.3 Å². The van der Waals surface area contributed by atoms with E-state index in [9.17, 15) is 18.0 Å². The molecule has 1 amide bonds. The number of aromatic nitrogens is 3. The molecule has 10 heteroatoms. The highest BCUT2D eigenvalue weighted by atomic mass is 32.2. The Morgan fingerprint density at radius 3 is 2.44 bits per heavy atom. The molecule has 2 saturated carbocycles. The Morgan fingerprint density at radius 2 is 1.81 bits per heavy atom. The molecule has 0 saturated heterocycles. The minimum absolute atomic E-state index is 0.0749. The van der Waals surface area contributed by atoms with Gasteiger partial charge in [-0.15, -0.1) is 11.3 Å². The number of benzene rings is 1. The van der Waals surface area contributed by atoms with Gasteiger partial charge in [-0.3, -0.25) is 14.1 Å². The quantitative estimate of drug-likeness (QED) is 0.160. The fourth-order valence-electron chi connectivity index (χ4n) is 6.52. The molecule has 0 radical (unpaired) electrons. The van der Waals surface area contributed by atoms with E-state index in [-0.39, 0.29) is 23.6 Å². The summed E-state index contributed by atoms with van der Waals surface area (Å²) >= 11 is 1.74. The van der Waals surface area contributed by atoms with Crippen LogP contribution in [0.5, 0.6) is 0 Å². The lowest BCUT2D eigenvalue weighted by Gasteiger charge is -2.17. The standard InChI is InChI=1S/C33H48N4O4S2/c1-6-23-20-25(23)30(38)36-43(40,41)33(18-19-33)17-12-10-8-7-9-11-16-27-28(21(2)3)34-31(42-27)24-14-13-15-26-29(24)35-32(39)37(26)22(4)5/h13-15,21-23,25H,6-12,16-20H2,1-5H3,(H,35,39)(H,36,38). The van der Waals surface area contributed by atoms with Gasteiger partial charge < -0.3 is 4.98 Å². The van der Waals surface area contributed by atoms with Crippen molar-refractivity contribution in [2.75, 3.05) is 0 Å². The van der Waals surface area contributed by atoms with Crippen LogP contribution in [0.2, 0.25) is 0 Å². The highest BCUT2D eigenvalue weighted by molar-refractivity contribution is 7.91. The number of sulfonamides is 1. The van der Waals surface area contributed by atoms with E-state index in [1.165, 1.54) is 4.88 Å². The topological polar surface area (TPSA) is 114 Å². The number of imidazole rings is 1. The van der Waals surface area contributed by atoms with Crippen molar-refractivity contribution in [2.45, 2.75) is 128 Å². The Balaban J connectivity index is 1.09. The predicted molar refractivity (Wildman–Crippen MR) is 175 cm³/mol. The third kappa shape index (κ3) is 6.80. The largest absolute Gasteiger partial charge is 0.326 e. The van der Waals surface area contributed by atoms with E-state index in [2.05, 4.69) is 29.6 Å². The van der Waals surface area contributed by atoms with Gasteiger partial charge in [-0.2, -0.15) is 0 Å². The number of nitrogens with one attached hydrogen (secondary N) is 2. The van der Waals surface area contributed by atoms with Crippen molar-refractivity contribution in [1.29, 1.82) is 0 Å². The van der Waals surface area contributed by atoms with Gasteiger partial charge >= 0.3 is 5.69 Å². The van der Waals surface area contributed by atoms with Crippen molar-refractivity contribution in [3.05, 3.63) is 39.3 Å². The van der Waals surface area contributed by atoms with Gasteiger partial charge in [0.25, 0.3) is 0 Å². The second kappa shape index (κ2) is 12.9. The van der Waals surface area contributed by atoms with Gasteiger partial charge in [0, 0.05) is 22.4 Å². The van der Waals surface area contributed by atoms with E-state index in [0.29, 0.717) is 31.1 Å². The lowest BCUT2D eigenvalue weighted by atomic mass is 10.0. The number of rotatable bonds is 16. The van der Waals surface area contributed by atoms with Crippen LogP contribution in [-0.2, 0) is 21.2 Å². The van der Waals surface area contributed by atoms with E-state index in [4.69, 9.17) is 4.98 Å². The average Bonchev–Trinajstić information content (AvgIpc) is 3.85. The number of carbonyl (C=O) groups is 1. The number of para-hydroxylation sites is 1. The maximum Gasteiger partial charge on any atom is 0.326 e. The number of nitrogens with zero attached hydrogens (tertiary/aromatic N) is 2. The smallest absolute Gasteiger partial charge is 0.305 e. The summed E-state index contributed by atoms with van der Waals surface area (Å²) in [4.78, 5) is 34.4. The number of fused-ring (bicyclic) bond motifs is 1. The van der Waals surface area contributed by atoms with E-state index < -0.39 is 14.8 Å². The van der Waals surface area contributed by atoms with Gasteiger partial charge in [0.1, 0.15) is 5.01 Å². The van der Waals surface area contributed by atoms with Crippen molar-refractivity contribution in [2.24, 2.45) is 11.8 Å². The summed E-state index contributed by atoms with van der Waals surface area (Å²) in [7, 11) is -3.59. The zero-order valence-electron chi connectivity index (χ0n) is 26.4. The van der Waals surface area contributed by atoms with Crippen molar-refractivity contribution >= 4 is 38.3 Å². The summed E-state index contributed by atoms with van der Waals surface area (Å²) in [5.41, 5.74) is 3.82. The van der Waals surface area contributed by atoms with Gasteiger partial charge in [-0.25, -0.2) is 18.2 Å². The summed E-state index contributed by atoms with van der Waals surface area (Å²) in [6.07, 6.45) is 11.1. The van der Waals surface area contributed by atoms with Gasteiger partial charge in [-0.1, -0.05) is 65.4 Å². The Kier molecular flexibility index (Phi) is 9.57. The molecule has 236 valence electrons. The van der Waals surface area contributed by atoms with Crippen molar-refractivity contribution in [3.8, 4) is 10.6 Å². The van der Waals surface area contributed by atoms with E-state index in [0.717, 1.165) is 85.1 Å². The molecule has 2 fully saturated rings. The molecule has 0 aliphatic heterocycles. The highest BCUT2D eigenvalue weighted by Gasteiger charge is 2.55. The lowest BCUT2D eigenvalue weighted by molar-refractivity contribution is -0.120. The number of carbonyl (C=O) groups excluding carboxylic acids is 1. The lowest BCUT2D eigenvalue weighted by Crippen LogP contribution is -2.40. The molecule has 2 aliphatic carbocycles. The number of aromatic amines is 1. The molecule has 2 atom stereocenters. The van der Waals surface area contributed by atoms with E-state index in [1.54, 1.807) is 15.9 Å². The summed E-state index contributed by atoms with van der Waals surface area (Å²) in [5.74, 6) is 0.280. The summed E-state index contributed by atoms with van der Waals surface area (Å²) in [6.45, 7) is 10.5. The van der Waals surface area contributed by atoms with Crippen LogP contribution in [-0.4, -0.2) is 33.6 Å². The molecule has 8 nitrogen and oxygen atoms in total. The first-order chi connectivity index (χ1) is 20.5. The van der Waals surface area contributed by atoms with E-state index in [1.807, 2.05) is 32.9 Å². The minimum atomic E-state index is -3.59. The number of hydrogen-bond donors (Lipinski definition) is 2. The minimum Gasteiger partial charge on any atom is -0.305 e. The number of unbranched alkanes of at least 4 members (excludes halogenated alkanes) is 5. The normalized spacial score (nSPS) is 19.4. The maximum absolute atomic E-state index is 12.9. The van der Waals surface area contributed by atoms with Crippen molar-refractivity contribution in [1.82, 2.24) is 19.3 Å². The van der Waals surface area contributed by atoms with E-state index >= 15 is 0 Å². The highest BCUT2D eigenvalue weighted by Crippen LogP contribution is 2.48. The molecule has 2 aromatic heterocycles. The summed E-state index contributed by atoms with van der Waals surface area (Å²) in [6, 6.07) is 6.12. The van der Waals surface area contributed by atoms with Crippen LogP contribution in [0.1, 0.15) is 128 Å². The molecule has 1 aromatic carbocycles. The number of aryl methyl sites for hydroxylation is 1. The fraction of sp³-hybridized carbons (Fsp3) is 0.667. The number of H-pyrrole nitrogens is 1. The Hall–Kier alpha value is -2.46. The molecular formula is C33H48N4O4S2. The molecular weight excluding hydrogens is 581 g/mol. The molecule has 0 bridgehead atoms. The molecule has 0 spiro atoms. The second-order valence-corrected chi connectivity index (χ2v) is 16.5. The molecule has 5 rings (SSSR count). The van der Waals surface area contributed by atoms with Crippen molar-refractivity contribution in [3.63, 3.8) is 0 Å². The zero-order valence-corrected chi connectivity index (χ0v) is 28.0. The monoisotopic (exact) mass is 628 g/mol. The first-order valence-corrected chi connectivity index (χ1v) is 18.6. The predicted octanol–water partition coefficient (Wildman–Crippen LogP) is 7.46.